The number of rotatable bonds is 38. The number of nitrogens with one attached hydrogen (secondary N) is 3. The van der Waals surface area contributed by atoms with Crippen LogP contribution < -0.4 is 46.5 Å². The van der Waals surface area contributed by atoms with Crippen molar-refractivity contribution in [1.82, 2.24) is 25.1 Å². The van der Waals surface area contributed by atoms with Crippen LogP contribution in [-0.2, 0) is 85.7 Å². The molecule has 10 N–H and O–H groups in total. The highest BCUT2D eigenvalue weighted by Gasteiger charge is 2.45. The number of unbranched alkanes of at least 4 members (excludes halogenated alkanes) is 1. The van der Waals surface area contributed by atoms with Crippen molar-refractivity contribution in [2.45, 2.75) is 114 Å². The molecule has 6 aliphatic heterocycles. The number of ether oxygens (including phenoxy) is 8. The van der Waals surface area contributed by atoms with Crippen LogP contribution in [0.4, 0.5) is 21.1 Å². The SMILES string of the molecule is C=Nc1c(C(N)=NC)c(C#CNC(=O)OCCCCOCSSC(C)(C)CCOC(=O)NCCOCCOCCNC(=O)c2ccc(C(=O)O)c(C3=c4cc5c6c(c4Oc4c3cc3c7c4CCCN7CCC3)CCC[N+]=6CCC5)c2)cn1[C@H]1CC(OCSSC)[C@@H](COP(=O)(O)OP(=O)(O)OP(=O)(O)O)O1. The summed E-state index contributed by atoms with van der Waals surface area (Å²) in [6.07, 6.45) is 8.42. The van der Waals surface area contributed by atoms with Gasteiger partial charge in [0.25, 0.3) is 5.91 Å². The molecule has 4 aromatic rings. The molecule has 578 valence electrons. The van der Waals surface area contributed by atoms with E-state index in [4.69, 9.17) is 57.9 Å². The molecule has 0 saturated carbocycles. The van der Waals surface area contributed by atoms with Crippen LogP contribution in [-0.4, -0.2) is 200 Å². The standard InChI is InChI=1S/C67H88N9O23P3S4/c1-67(2,106-105-40-91-27-6-7-28-92-65(80)72-20-18-45-38-76(62(70-4)55(45)61(68)69-3)54-37-52(94-41-104-103-5)53(96-54)39-95-101(85,86)99-102(87,88)98-100(82,83)84)19-29-93-66(81)73-22-31-90-33-32-89-30-21-71-63(77)44-16-17-46(64(78)79)49(36-44)56-50-34-42-12-8-23-74-25-10-14-47(57(42)74)59(50)97-60-48-15-11-26-75-24-9-13-43(58(48)75)35-51(56)60/h16-17,34-36,38,52-54H,4,6-15,19,21-33,37,39-41H2,1-3,5H3,(H9-,68,69,71,72,73,77,78,79,80,81,82,83,84,85,86,87,88)/p+1/t52?,53-,54-/m1/s1. The van der Waals surface area contributed by atoms with Gasteiger partial charge in [-0.2, -0.15) is 8.62 Å². The number of alkyl carbamates (subject to hydrolysis) is 2. The van der Waals surface area contributed by atoms with Gasteiger partial charge in [0.2, 0.25) is 5.36 Å². The van der Waals surface area contributed by atoms with Gasteiger partial charge in [-0.25, -0.2) is 43.0 Å². The van der Waals surface area contributed by atoms with Gasteiger partial charge in [-0.3, -0.25) is 14.3 Å². The maximum atomic E-state index is 13.9. The van der Waals surface area contributed by atoms with E-state index in [0.29, 0.717) is 42.9 Å². The van der Waals surface area contributed by atoms with Crippen molar-refractivity contribution in [2.75, 3.05) is 122 Å². The normalized spacial score (nSPS) is 18.5. The molecular formula is C67H89N9O23P3S4+. The molecule has 39 heteroatoms. The molecule has 3 unspecified atom stereocenters. The lowest BCUT2D eigenvalue weighted by Gasteiger charge is -2.39. The molecule has 0 aliphatic carbocycles. The van der Waals surface area contributed by atoms with Gasteiger partial charge >= 0.3 is 41.6 Å². The Morgan fingerprint density at radius 3 is 2.26 bits per heavy atom. The van der Waals surface area contributed by atoms with Gasteiger partial charge in [0, 0.05) is 115 Å². The van der Waals surface area contributed by atoms with Crippen LogP contribution in [0.2, 0.25) is 0 Å². The molecular weight excluding hydrogens is 1520 g/mol. The summed E-state index contributed by atoms with van der Waals surface area (Å²) in [6.45, 7) is 13.0. The highest BCUT2D eigenvalue weighted by Crippen LogP contribution is 2.66. The number of aliphatic imine (C=N–C) groups is 2. The second kappa shape index (κ2) is 38.1. The summed E-state index contributed by atoms with van der Waals surface area (Å²) in [5, 5.41) is 20.9. The van der Waals surface area contributed by atoms with Crippen molar-refractivity contribution in [3.8, 4) is 23.5 Å². The zero-order chi connectivity index (χ0) is 75.8. The average Bonchev–Trinajstić information content (AvgIpc) is 0.899. The van der Waals surface area contributed by atoms with Gasteiger partial charge in [-0.05, 0) is 132 Å². The first kappa shape index (κ1) is 82.5. The number of carbonyl (C=O) groups is 4. The quantitative estimate of drug-likeness (QED) is 0.00209. The van der Waals surface area contributed by atoms with E-state index < -0.39 is 66.7 Å². The molecule has 3 amide bonds. The predicted molar refractivity (Wildman–Crippen MR) is 402 cm³/mol. The Balaban J connectivity index is 0.585. The lowest BCUT2D eigenvalue weighted by atomic mass is 9.81. The van der Waals surface area contributed by atoms with Crippen molar-refractivity contribution in [2.24, 2.45) is 15.7 Å². The van der Waals surface area contributed by atoms with Crippen LogP contribution in [0, 0.1) is 12.0 Å². The Morgan fingerprint density at radius 2 is 1.53 bits per heavy atom. The summed E-state index contributed by atoms with van der Waals surface area (Å²) in [5.74, 6) is 3.65. The number of amides is 3. The molecule has 1 fully saturated rings. The van der Waals surface area contributed by atoms with Gasteiger partial charge in [0.15, 0.2) is 0 Å². The number of aryl methyl sites for hydroxylation is 2. The number of hydrogen-bond donors (Lipinski definition) is 9. The minimum atomic E-state index is -5.78. The van der Waals surface area contributed by atoms with Crippen LogP contribution in [0.5, 0.6) is 11.5 Å². The minimum Gasteiger partial charge on any atom is -0.478 e. The van der Waals surface area contributed by atoms with Crippen LogP contribution in [0.3, 0.4) is 0 Å². The van der Waals surface area contributed by atoms with Gasteiger partial charge in [-0.1, -0.05) is 43.2 Å². The number of hydrogen-bond acceptors (Lipinski definition) is 25. The first-order valence-electron chi connectivity index (χ1n) is 34.4. The van der Waals surface area contributed by atoms with Crippen molar-refractivity contribution >= 4 is 120 Å². The first-order chi connectivity index (χ1) is 50.8. The van der Waals surface area contributed by atoms with Crippen LogP contribution in [0.1, 0.15) is 137 Å². The molecule has 0 spiro atoms. The Labute approximate surface area is 628 Å². The average molecular weight is 1610 g/mol. The van der Waals surface area contributed by atoms with Gasteiger partial charge in [-0.15, -0.1) is 0 Å². The summed E-state index contributed by atoms with van der Waals surface area (Å²) in [6, 6.07) is 11.8. The fraction of sp³-hybridized carbons (Fsp3) is 0.537. The number of amidine groups is 1. The number of nitrogens with zero attached hydrogens (tertiary/aromatic N) is 5. The third-order valence-corrected chi connectivity index (χ3v) is 26.2. The number of aromatic nitrogens is 1. The molecule has 5 atom stereocenters. The van der Waals surface area contributed by atoms with E-state index in [1.807, 2.05) is 20.1 Å². The van der Waals surface area contributed by atoms with Gasteiger partial charge < -0.3 is 88.4 Å². The molecule has 10 rings (SSSR count). The number of carbonyl (C=O) groups excluding carboxylic acids is 3. The molecule has 106 heavy (non-hydrogen) atoms. The number of phosphoric acid groups is 3. The number of fused-ring (bicyclic) bond motifs is 4. The summed E-state index contributed by atoms with van der Waals surface area (Å²) >= 11 is 0. The van der Waals surface area contributed by atoms with Crippen LogP contribution in [0.25, 0.3) is 5.57 Å². The smallest absolute Gasteiger partial charge is 0.478 e. The Hall–Kier alpha value is -6.00. The zero-order valence-electron chi connectivity index (χ0n) is 59.1. The Morgan fingerprint density at radius 1 is 0.811 bits per heavy atom. The number of carboxylic acids is 1. The fourth-order valence-electron chi connectivity index (χ4n) is 13.4. The minimum absolute atomic E-state index is 0.00366. The topological polar surface area (TPSA) is 420 Å². The third kappa shape index (κ3) is 21.9. The number of nitrogens with two attached hydrogens (primary N) is 1. The monoisotopic (exact) mass is 1610 g/mol. The Kier molecular flexibility index (Phi) is 29.6. The van der Waals surface area contributed by atoms with Gasteiger partial charge in [0.1, 0.15) is 60.5 Å². The largest absolute Gasteiger partial charge is 0.490 e. The maximum Gasteiger partial charge on any atom is 0.490 e. The second-order valence-electron chi connectivity index (χ2n) is 25.7. The van der Waals surface area contributed by atoms with E-state index in [-0.39, 0.29) is 104 Å². The zero-order valence-corrected chi connectivity index (χ0v) is 65.0. The molecule has 32 nitrogen and oxygen atoms in total. The molecule has 3 aromatic carbocycles. The number of anilines is 1. The molecule has 0 bridgehead atoms. The van der Waals surface area contributed by atoms with Crippen molar-refractivity contribution in [1.29, 1.82) is 0 Å². The summed E-state index contributed by atoms with van der Waals surface area (Å²) in [7, 11) is -9.63. The third-order valence-electron chi connectivity index (χ3n) is 17.9. The first-order valence-corrected chi connectivity index (χ1v) is 44.0. The number of aromatic carboxylic acids is 1. The second-order valence-corrected chi connectivity index (χ2v) is 35.6. The van der Waals surface area contributed by atoms with E-state index in [2.05, 4.69) is 74.8 Å². The highest BCUT2D eigenvalue weighted by atomic mass is 33.1. The van der Waals surface area contributed by atoms with Crippen LogP contribution in [0.15, 0.2) is 46.5 Å². The highest BCUT2D eigenvalue weighted by molar-refractivity contribution is 8.77. The van der Waals surface area contributed by atoms with E-state index >= 15 is 0 Å². The number of benzene rings is 3. The van der Waals surface area contributed by atoms with E-state index in [1.54, 1.807) is 29.0 Å². The van der Waals surface area contributed by atoms with Crippen molar-refractivity contribution < 1.29 is 109 Å². The Bertz CT molecular complexity index is 4300. The van der Waals surface area contributed by atoms with E-state index in [1.165, 1.54) is 83.5 Å². The lowest BCUT2D eigenvalue weighted by Crippen LogP contribution is -2.45. The summed E-state index contributed by atoms with van der Waals surface area (Å²) in [5.41, 5.74) is 15.5. The molecule has 0 radical (unpaired) electrons. The fourth-order valence-corrected chi connectivity index (χ4v) is 19.5. The molecule has 1 aromatic heterocycles. The summed E-state index contributed by atoms with van der Waals surface area (Å²) < 4.78 is 98.8. The predicted octanol–water partition coefficient (Wildman–Crippen LogP) is 7.80. The van der Waals surface area contributed by atoms with Gasteiger partial charge in [0.05, 0.1) is 74.6 Å². The van der Waals surface area contributed by atoms with Crippen molar-refractivity contribution in [3.63, 3.8) is 0 Å². The summed E-state index contributed by atoms with van der Waals surface area (Å²) in [4.78, 5) is 100. The molecule has 1 saturated heterocycles. The van der Waals surface area contributed by atoms with E-state index in [0.717, 1.165) is 105 Å². The molecule has 6 aliphatic rings. The van der Waals surface area contributed by atoms with Crippen molar-refractivity contribution in [3.05, 3.63) is 103 Å². The molecule has 7 heterocycles. The number of carboxylic acid groups (broad SMARTS) is 1. The van der Waals surface area contributed by atoms with Crippen LogP contribution >= 0.6 is 66.6 Å². The van der Waals surface area contributed by atoms with E-state index in [9.17, 15) is 47.8 Å². The number of phosphoric ester groups is 1. The lowest BCUT2D eigenvalue weighted by molar-refractivity contribution is -0.0525. The maximum absolute atomic E-state index is 13.9.